The van der Waals surface area contributed by atoms with E-state index >= 15 is 0 Å². The van der Waals surface area contributed by atoms with Crippen LogP contribution in [0.5, 0.6) is 0 Å². The highest BCUT2D eigenvalue weighted by atomic mass is 32.2. The van der Waals surface area contributed by atoms with Gasteiger partial charge in [0.05, 0.1) is 5.75 Å². The molecule has 0 aliphatic carbocycles. The van der Waals surface area contributed by atoms with Gasteiger partial charge < -0.3 is 5.32 Å². The number of hydrogen-bond acceptors (Lipinski definition) is 4. The van der Waals surface area contributed by atoms with Gasteiger partial charge in [0.2, 0.25) is 10.0 Å². The number of thiophene rings is 1. The van der Waals surface area contributed by atoms with Gasteiger partial charge in [-0.2, -0.15) is 0 Å². The summed E-state index contributed by atoms with van der Waals surface area (Å²) in [5.74, 6) is 0.186. The molecule has 102 valence electrons. The van der Waals surface area contributed by atoms with E-state index in [9.17, 15) is 8.42 Å². The summed E-state index contributed by atoms with van der Waals surface area (Å²) in [4.78, 5) is 1.12. The van der Waals surface area contributed by atoms with Crippen LogP contribution in [0.25, 0.3) is 0 Å². The number of sulfonamides is 1. The molecule has 2 unspecified atom stereocenters. The lowest BCUT2D eigenvalue weighted by molar-refractivity contribution is 0.361. The van der Waals surface area contributed by atoms with E-state index in [2.05, 4.69) is 17.0 Å². The van der Waals surface area contributed by atoms with Crippen molar-refractivity contribution in [2.24, 2.45) is 0 Å². The van der Waals surface area contributed by atoms with Crippen LogP contribution in [0.4, 0.5) is 0 Å². The molecule has 0 aromatic carbocycles. The number of hydrogen-bond donors (Lipinski definition) is 2. The lowest BCUT2D eigenvalue weighted by Gasteiger charge is -2.28. The Balaban J connectivity index is 1.83. The molecule has 0 bridgehead atoms. The van der Waals surface area contributed by atoms with Crippen LogP contribution in [0.1, 0.15) is 24.6 Å². The third-order valence-electron chi connectivity index (χ3n) is 3.17. The molecule has 0 spiro atoms. The van der Waals surface area contributed by atoms with Gasteiger partial charge in [0, 0.05) is 17.0 Å². The normalized spacial score (nSPS) is 25.2. The third kappa shape index (κ3) is 4.35. The minimum absolute atomic E-state index is 0.0922. The lowest BCUT2D eigenvalue weighted by atomic mass is 10.0. The molecular formula is C12H20N2O2S2. The van der Waals surface area contributed by atoms with Crippen molar-refractivity contribution in [3.63, 3.8) is 0 Å². The fourth-order valence-electron chi connectivity index (χ4n) is 2.24. The Kier molecular flexibility index (Phi) is 4.77. The number of nitrogens with one attached hydrogen (secondary N) is 2. The van der Waals surface area contributed by atoms with E-state index in [0.29, 0.717) is 12.5 Å². The summed E-state index contributed by atoms with van der Waals surface area (Å²) >= 11 is 1.61. The molecule has 1 saturated heterocycles. The van der Waals surface area contributed by atoms with Crippen molar-refractivity contribution in [2.75, 3.05) is 12.3 Å². The molecule has 18 heavy (non-hydrogen) atoms. The van der Waals surface area contributed by atoms with Crippen molar-refractivity contribution in [3.05, 3.63) is 22.4 Å². The molecule has 1 aliphatic heterocycles. The molecule has 1 aromatic rings. The van der Waals surface area contributed by atoms with Gasteiger partial charge in [-0.25, -0.2) is 13.1 Å². The van der Waals surface area contributed by atoms with Gasteiger partial charge in [-0.05, 0) is 44.2 Å². The standard InChI is InChI=1S/C12H20N2O2S2/c1-10-9-11(4-6-13-10)14-18(15,16)8-5-12-3-2-7-17-12/h2-3,7,10-11,13-14H,4-6,8-9H2,1H3. The minimum Gasteiger partial charge on any atom is -0.314 e. The van der Waals surface area contributed by atoms with Crippen LogP contribution in [-0.4, -0.2) is 32.8 Å². The predicted octanol–water partition coefficient (Wildman–Crippen LogP) is 1.35. The fraction of sp³-hybridized carbons (Fsp3) is 0.667. The first-order valence-corrected chi connectivity index (χ1v) is 8.84. The summed E-state index contributed by atoms with van der Waals surface area (Å²) in [5.41, 5.74) is 0. The van der Waals surface area contributed by atoms with Crippen LogP contribution >= 0.6 is 11.3 Å². The van der Waals surface area contributed by atoms with Crippen LogP contribution in [0.3, 0.4) is 0 Å². The number of piperidine rings is 1. The SMILES string of the molecule is CC1CC(NS(=O)(=O)CCc2cccs2)CCN1. The molecule has 1 aromatic heterocycles. The number of rotatable bonds is 5. The molecule has 2 atom stereocenters. The van der Waals surface area contributed by atoms with Gasteiger partial charge in [-0.15, -0.1) is 11.3 Å². The summed E-state index contributed by atoms with van der Waals surface area (Å²) in [6, 6.07) is 4.42. The Morgan fingerprint density at radius 3 is 3.06 bits per heavy atom. The molecule has 0 saturated carbocycles. The summed E-state index contributed by atoms with van der Waals surface area (Å²) in [7, 11) is -3.15. The predicted molar refractivity (Wildman–Crippen MR) is 75.4 cm³/mol. The second-order valence-electron chi connectivity index (χ2n) is 4.84. The zero-order valence-corrected chi connectivity index (χ0v) is 12.2. The topological polar surface area (TPSA) is 58.2 Å². The maximum absolute atomic E-state index is 12.0. The second kappa shape index (κ2) is 6.14. The average Bonchev–Trinajstić information content (AvgIpc) is 2.78. The van der Waals surface area contributed by atoms with Crippen LogP contribution < -0.4 is 10.0 Å². The number of aryl methyl sites for hydroxylation is 1. The van der Waals surface area contributed by atoms with E-state index in [0.717, 1.165) is 24.3 Å². The van der Waals surface area contributed by atoms with Crippen molar-refractivity contribution in [1.29, 1.82) is 0 Å². The second-order valence-corrected chi connectivity index (χ2v) is 7.75. The molecular weight excluding hydrogens is 268 g/mol. The zero-order chi connectivity index (χ0) is 13.0. The average molecular weight is 288 g/mol. The van der Waals surface area contributed by atoms with Crippen molar-refractivity contribution in [3.8, 4) is 0 Å². The third-order valence-corrected chi connectivity index (χ3v) is 5.54. The van der Waals surface area contributed by atoms with E-state index in [-0.39, 0.29) is 11.8 Å². The van der Waals surface area contributed by atoms with Crippen LogP contribution in [0.2, 0.25) is 0 Å². The van der Waals surface area contributed by atoms with Crippen molar-refractivity contribution >= 4 is 21.4 Å². The highest BCUT2D eigenvalue weighted by Gasteiger charge is 2.22. The lowest BCUT2D eigenvalue weighted by Crippen LogP contribution is -2.47. The monoisotopic (exact) mass is 288 g/mol. The van der Waals surface area contributed by atoms with Gasteiger partial charge in [0.25, 0.3) is 0 Å². The Bertz CT molecular complexity index is 456. The van der Waals surface area contributed by atoms with Crippen molar-refractivity contribution < 1.29 is 8.42 Å². The van der Waals surface area contributed by atoms with Gasteiger partial charge in [0.1, 0.15) is 0 Å². The van der Waals surface area contributed by atoms with E-state index in [1.165, 1.54) is 0 Å². The van der Waals surface area contributed by atoms with Crippen molar-refractivity contribution in [2.45, 2.75) is 38.3 Å². The Hall–Kier alpha value is -0.430. The van der Waals surface area contributed by atoms with E-state index in [1.807, 2.05) is 17.5 Å². The molecule has 2 heterocycles. The summed E-state index contributed by atoms with van der Waals surface area (Å²) in [5, 5.41) is 5.29. The Morgan fingerprint density at radius 2 is 2.39 bits per heavy atom. The van der Waals surface area contributed by atoms with E-state index < -0.39 is 10.0 Å². The highest BCUT2D eigenvalue weighted by molar-refractivity contribution is 7.89. The highest BCUT2D eigenvalue weighted by Crippen LogP contribution is 2.12. The molecule has 0 radical (unpaired) electrons. The molecule has 2 rings (SSSR count). The molecule has 0 amide bonds. The molecule has 4 nitrogen and oxygen atoms in total. The van der Waals surface area contributed by atoms with Crippen LogP contribution in [0, 0.1) is 0 Å². The zero-order valence-electron chi connectivity index (χ0n) is 10.6. The summed E-state index contributed by atoms with van der Waals surface area (Å²) < 4.78 is 26.8. The first-order valence-electron chi connectivity index (χ1n) is 6.31. The van der Waals surface area contributed by atoms with Gasteiger partial charge >= 0.3 is 0 Å². The maximum Gasteiger partial charge on any atom is 0.212 e. The smallest absolute Gasteiger partial charge is 0.212 e. The summed E-state index contributed by atoms with van der Waals surface area (Å²) in [6.07, 6.45) is 2.36. The molecule has 1 aliphatic rings. The van der Waals surface area contributed by atoms with Crippen molar-refractivity contribution in [1.82, 2.24) is 10.0 Å². The molecule has 1 fully saturated rings. The molecule has 2 N–H and O–H groups in total. The molecule has 6 heteroatoms. The minimum atomic E-state index is -3.15. The first kappa shape index (κ1) is 14.0. The first-order chi connectivity index (χ1) is 8.55. The Morgan fingerprint density at radius 1 is 1.56 bits per heavy atom. The Labute approximate surface area is 113 Å². The largest absolute Gasteiger partial charge is 0.314 e. The fourth-order valence-corrected chi connectivity index (χ4v) is 4.41. The van der Waals surface area contributed by atoms with E-state index in [4.69, 9.17) is 0 Å². The van der Waals surface area contributed by atoms with Gasteiger partial charge in [0.15, 0.2) is 0 Å². The van der Waals surface area contributed by atoms with Crippen LogP contribution in [0.15, 0.2) is 17.5 Å². The quantitative estimate of drug-likeness (QED) is 0.860. The van der Waals surface area contributed by atoms with E-state index in [1.54, 1.807) is 11.3 Å². The van der Waals surface area contributed by atoms with Gasteiger partial charge in [-0.1, -0.05) is 6.07 Å². The summed E-state index contributed by atoms with van der Waals surface area (Å²) in [6.45, 7) is 2.98. The van der Waals surface area contributed by atoms with Crippen LogP contribution in [-0.2, 0) is 16.4 Å². The maximum atomic E-state index is 12.0. The van der Waals surface area contributed by atoms with Gasteiger partial charge in [-0.3, -0.25) is 0 Å².